The predicted molar refractivity (Wildman–Crippen MR) is 105 cm³/mol. The van der Waals surface area contributed by atoms with E-state index < -0.39 is 11.7 Å². The number of alkyl halides is 3. The van der Waals surface area contributed by atoms with Gasteiger partial charge >= 0.3 is 12.2 Å². The van der Waals surface area contributed by atoms with Gasteiger partial charge in [0.15, 0.2) is 0 Å². The van der Waals surface area contributed by atoms with Crippen LogP contribution in [0.3, 0.4) is 0 Å². The van der Waals surface area contributed by atoms with Gasteiger partial charge in [-0.1, -0.05) is 6.07 Å². The first-order valence-corrected chi connectivity index (χ1v) is 8.99. The lowest BCUT2D eigenvalue weighted by Gasteiger charge is -2.36. The predicted octanol–water partition coefficient (Wildman–Crippen LogP) is 4.13. The van der Waals surface area contributed by atoms with E-state index >= 15 is 0 Å². The number of carbonyl (C=O) groups excluding carboxylic acids is 1. The van der Waals surface area contributed by atoms with E-state index in [0.717, 1.165) is 17.8 Å². The van der Waals surface area contributed by atoms with Crippen LogP contribution in [0.5, 0.6) is 0 Å². The highest BCUT2D eigenvalue weighted by molar-refractivity contribution is 5.89. The number of nitrogens with one attached hydrogen (secondary N) is 1. The molecular formula is C20H23F3N4O. The molecule has 2 amide bonds. The summed E-state index contributed by atoms with van der Waals surface area (Å²) in [5, 5.41) is 2.86. The Hall–Kier alpha value is -2.90. The zero-order valence-corrected chi connectivity index (χ0v) is 15.8. The van der Waals surface area contributed by atoms with Gasteiger partial charge in [0.1, 0.15) is 0 Å². The lowest BCUT2D eigenvalue weighted by atomic mass is 10.1. The Labute approximate surface area is 162 Å². The quantitative estimate of drug-likeness (QED) is 0.854. The molecule has 1 fully saturated rings. The molecule has 0 bridgehead atoms. The van der Waals surface area contributed by atoms with Gasteiger partial charge in [0.05, 0.1) is 5.56 Å². The summed E-state index contributed by atoms with van der Waals surface area (Å²) in [5.41, 5.74) is 1.60. The minimum absolute atomic E-state index is 0.207. The van der Waals surface area contributed by atoms with Crippen LogP contribution >= 0.6 is 0 Å². The molecule has 150 valence electrons. The Bertz CT molecular complexity index is 813. The van der Waals surface area contributed by atoms with Crippen molar-refractivity contribution in [1.82, 2.24) is 4.90 Å². The molecule has 0 saturated carbocycles. The smallest absolute Gasteiger partial charge is 0.378 e. The Morgan fingerprint density at radius 2 is 1.64 bits per heavy atom. The second-order valence-corrected chi connectivity index (χ2v) is 6.89. The first kappa shape index (κ1) is 19.9. The summed E-state index contributed by atoms with van der Waals surface area (Å²) in [5.74, 6) is 0. The maximum Gasteiger partial charge on any atom is 0.416 e. The third-order valence-corrected chi connectivity index (χ3v) is 4.74. The summed E-state index contributed by atoms with van der Waals surface area (Å²) in [6.45, 7) is 1.85. The highest BCUT2D eigenvalue weighted by atomic mass is 19.4. The molecule has 3 rings (SSSR count). The van der Waals surface area contributed by atoms with E-state index in [1.54, 1.807) is 11.0 Å². The van der Waals surface area contributed by atoms with Crippen molar-refractivity contribution in [3.05, 3.63) is 54.1 Å². The summed E-state index contributed by atoms with van der Waals surface area (Å²) in [7, 11) is 3.88. The summed E-state index contributed by atoms with van der Waals surface area (Å²) < 4.78 is 38.7. The van der Waals surface area contributed by atoms with Gasteiger partial charge in [-0.25, -0.2) is 4.79 Å². The molecule has 28 heavy (non-hydrogen) atoms. The Kier molecular flexibility index (Phi) is 5.67. The standard InChI is InChI=1S/C20H23F3N4O/c1-25(2)17-8-6-16(7-9-17)24-19(28)27-12-10-26(11-13-27)18-5-3-4-15(14-18)20(21,22)23/h3-9,14H,10-13H2,1-2H3,(H,24,28). The molecule has 1 heterocycles. The van der Waals surface area contributed by atoms with Gasteiger partial charge in [-0.2, -0.15) is 13.2 Å². The van der Waals surface area contributed by atoms with Crippen molar-refractivity contribution < 1.29 is 18.0 Å². The summed E-state index contributed by atoms with van der Waals surface area (Å²) in [6.07, 6.45) is -4.36. The van der Waals surface area contributed by atoms with Gasteiger partial charge < -0.3 is 20.0 Å². The molecule has 1 aliphatic heterocycles. The molecule has 0 radical (unpaired) electrons. The SMILES string of the molecule is CN(C)c1ccc(NC(=O)N2CCN(c3cccc(C(F)(F)F)c3)CC2)cc1. The van der Waals surface area contributed by atoms with Crippen molar-refractivity contribution in [2.24, 2.45) is 0 Å². The third kappa shape index (κ3) is 4.68. The molecular weight excluding hydrogens is 369 g/mol. The number of benzene rings is 2. The molecule has 0 spiro atoms. The van der Waals surface area contributed by atoms with E-state index in [2.05, 4.69) is 5.32 Å². The summed E-state index contributed by atoms with van der Waals surface area (Å²) in [4.78, 5) is 18.0. The van der Waals surface area contributed by atoms with Gasteiger partial charge in [0, 0.05) is 57.3 Å². The van der Waals surface area contributed by atoms with Crippen LogP contribution in [0.2, 0.25) is 0 Å². The van der Waals surface area contributed by atoms with Crippen LogP contribution in [-0.2, 0) is 6.18 Å². The molecule has 0 aliphatic carbocycles. The van der Waals surface area contributed by atoms with E-state index in [1.807, 2.05) is 48.2 Å². The van der Waals surface area contributed by atoms with Gasteiger partial charge in [0.2, 0.25) is 0 Å². The molecule has 2 aromatic carbocycles. The number of rotatable bonds is 3. The molecule has 2 aromatic rings. The highest BCUT2D eigenvalue weighted by Gasteiger charge is 2.31. The molecule has 1 aliphatic rings. The fourth-order valence-corrected chi connectivity index (χ4v) is 3.09. The Morgan fingerprint density at radius 1 is 1.00 bits per heavy atom. The Balaban J connectivity index is 1.57. The van der Waals surface area contributed by atoms with Crippen LogP contribution in [0.4, 0.5) is 35.0 Å². The molecule has 0 atom stereocenters. The van der Waals surface area contributed by atoms with Crippen LogP contribution in [-0.4, -0.2) is 51.2 Å². The average Bonchev–Trinajstić information content (AvgIpc) is 2.68. The molecule has 0 aromatic heterocycles. The van der Waals surface area contributed by atoms with E-state index in [4.69, 9.17) is 0 Å². The lowest BCUT2D eigenvalue weighted by Crippen LogP contribution is -2.50. The van der Waals surface area contributed by atoms with Crippen LogP contribution in [0.15, 0.2) is 48.5 Å². The number of halogens is 3. The van der Waals surface area contributed by atoms with Crippen LogP contribution < -0.4 is 15.1 Å². The second kappa shape index (κ2) is 8.00. The normalized spacial score (nSPS) is 14.8. The van der Waals surface area contributed by atoms with E-state index in [9.17, 15) is 18.0 Å². The minimum atomic E-state index is -4.36. The van der Waals surface area contributed by atoms with Crippen molar-refractivity contribution >= 4 is 23.1 Å². The number of hydrogen-bond acceptors (Lipinski definition) is 3. The first-order chi connectivity index (χ1) is 13.2. The third-order valence-electron chi connectivity index (χ3n) is 4.74. The maximum absolute atomic E-state index is 12.9. The number of hydrogen-bond donors (Lipinski definition) is 1. The average molecular weight is 392 g/mol. The minimum Gasteiger partial charge on any atom is -0.378 e. The van der Waals surface area contributed by atoms with Crippen LogP contribution in [0.25, 0.3) is 0 Å². The Morgan fingerprint density at radius 3 is 2.21 bits per heavy atom. The van der Waals surface area contributed by atoms with Crippen molar-refractivity contribution in [1.29, 1.82) is 0 Å². The topological polar surface area (TPSA) is 38.8 Å². The molecule has 5 nitrogen and oxygen atoms in total. The van der Waals surface area contributed by atoms with Crippen LogP contribution in [0.1, 0.15) is 5.56 Å². The van der Waals surface area contributed by atoms with Crippen molar-refractivity contribution in [3.63, 3.8) is 0 Å². The fourth-order valence-electron chi connectivity index (χ4n) is 3.09. The number of anilines is 3. The van der Waals surface area contributed by atoms with Crippen molar-refractivity contribution in [3.8, 4) is 0 Å². The second-order valence-electron chi connectivity index (χ2n) is 6.89. The monoisotopic (exact) mass is 392 g/mol. The van der Waals surface area contributed by atoms with E-state index in [0.29, 0.717) is 37.6 Å². The van der Waals surface area contributed by atoms with Crippen molar-refractivity contribution in [2.45, 2.75) is 6.18 Å². The van der Waals surface area contributed by atoms with Crippen LogP contribution in [0, 0.1) is 0 Å². The summed E-state index contributed by atoms with van der Waals surface area (Å²) >= 11 is 0. The van der Waals surface area contributed by atoms with Gasteiger partial charge in [-0.3, -0.25) is 0 Å². The molecule has 1 N–H and O–H groups in total. The number of urea groups is 1. The van der Waals surface area contributed by atoms with E-state index in [1.165, 1.54) is 6.07 Å². The van der Waals surface area contributed by atoms with Gasteiger partial charge in [0.25, 0.3) is 0 Å². The highest BCUT2D eigenvalue weighted by Crippen LogP contribution is 2.31. The maximum atomic E-state index is 12.9. The number of piperazine rings is 1. The zero-order chi connectivity index (χ0) is 20.3. The first-order valence-electron chi connectivity index (χ1n) is 8.99. The van der Waals surface area contributed by atoms with Gasteiger partial charge in [-0.15, -0.1) is 0 Å². The van der Waals surface area contributed by atoms with E-state index in [-0.39, 0.29) is 6.03 Å². The molecule has 8 heteroatoms. The molecule has 1 saturated heterocycles. The molecule has 0 unspecified atom stereocenters. The number of amides is 2. The summed E-state index contributed by atoms with van der Waals surface area (Å²) in [6, 6.07) is 12.6. The van der Waals surface area contributed by atoms with Crippen molar-refractivity contribution in [2.75, 3.05) is 55.4 Å². The largest absolute Gasteiger partial charge is 0.416 e. The fraction of sp³-hybridized carbons (Fsp3) is 0.350. The van der Waals surface area contributed by atoms with Gasteiger partial charge in [-0.05, 0) is 42.5 Å². The zero-order valence-electron chi connectivity index (χ0n) is 15.8. The number of nitrogens with zero attached hydrogens (tertiary/aromatic N) is 3. The number of carbonyl (C=O) groups is 1. The lowest BCUT2D eigenvalue weighted by molar-refractivity contribution is -0.137.